The molecule has 4 aliphatic rings. The molecule has 0 aromatic carbocycles. The number of hydrogen-bond donors (Lipinski definition) is 1. The van der Waals surface area contributed by atoms with E-state index in [2.05, 4.69) is 26.8 Å². The Bertz CT molecular complexity index is 534. The van der Waals surface area contributed by atoms with Crippen molar-refractivity contribution in [3.63, 3.8) is 0 Å². The average Bonchev–Trinajstić information content (AvgIpc) is 2.70. The summed E-state index contributed by atoms with van der Waals surface area (Å²) in [6.07, 6.45) is 11.9. The Morgan fingerprint density at radius 1 is 1.05 bits per heavy atom. The van der Waals surface area contributed by atoms with Gasteiger partial charge in [0.25, 0.3) is 0 Å². The Labute approximate surface area is 134 Å². The first-order valence-corrected chi connectivity index (χ1v) is 9.22. The van der Waals surface area contributed by atoms with Gasteiger partial charge >= 0.3 is 0 Å². The summed E-state index contributed by atoms with van der Waals surface area (Å²) in [5.74, 6) is 3.00. The summed E-state index contributed by atoms with van der Waals surface area (Å²) in [7, 11) is 0. The average molecular weight is 302 g/mol. The third-order valence-electron chi connectivity index (χ3n) is 8.60. The SMILES string of the molecule is C[C@]12C=CC(=O)CC1CC[C@@H]1[C@@H]2CC[C@@]2(C)[C@H]1CC[C@]2(C)O. The molecule has 22 heavy (non-hydrogen) atoms. The molecule has 0 aromatic heterocycles. The highest BCUT2D eigenvalue weighted by Gasteiger charge is 2.62. The topological polar surface area (TPSA) is 37.3 Å². The number of carbonyl (C=O) groups excluding carboxylic acids is 1. The van der Waals surface area contributed by atoms with E-state index in [0.29, 0.717) is 23.5 Å². The van der Waals surface area contributed by atoms with Crippen molar-refractivity contribution < 1.29 is 9.90 Å². The van der Waals surface area contributed by atoms with E-state index in [0.717, 1.165) is 25.2 Å². The minimum absolute atomic E-state index is 0.103. The smallest absolute Gasteiger partial charge is 0.155 e. The Balaban J connectivity index is 1.69. The fraction of sp³-hybridized carbons (Fsp3) is 0.850. The van der Waals surface area contributed by atoms with Gasteiger partial charge in [0.15, 0.2) is 5.78 Å². The molecule has 0 amide bonds. The molecule has 7 atom stereocenters. The highest BCUT2D eigenvalue weighted by molar-refractivity contribution is 5.91. The van der Waals surface area contributed by atoms with Crippen LogP contribution in [0, 0.1) is 34.5 Å². The maximum Gasteiger partial charge on any atom is 0.155 e. The van der Waals surface area contributed by atoms with E-state index < -0.39 is 5.60 Å². The fourth-order valence-electron chi connectivity index (χ4n) is 6.88. The van der Waals surface area contributed by atoms with Crippen molar-refractivity contribution in [1.82, 2.24) is 0 Å². The zero-order valence-corrected chi connectivity index (χ0v) is 14.3. The molecule has 1 N–H and O–H groups in total. The summed E-state index contributed by atoms with van der Waals surface area (Å²) < 4.78 is 0. The van der Waals surface area contributed by atoms with Crippen LogP contribution in [-0.4, -0.2) is 16.5 Å². The van der Waals surface area contributed by atoms with Crippen LogP contribution in [0.2, 0.25) is 0 Å². The Hall–Kier alpha value is -0.630. The molecule has 2 nitrogen and oxygen atoms in total. The van der Waals surface area contributed by atoms with Crippen LogP contribution < -0.4 is 0 Å². The van der Waals surface area contributed by atoms with Gasteiger partial charge in [0.1, 0.15) is 0 Å². The maximum absolute atomic E-state index is 11.8. The molecule has 3 saturated carbocycles. The first kappa shape index (κ1) is 14.9. The number of hydrogen-bond acceptors (Lipinski definition) is 2. The van der Waals surface area contributed by atoms with Crippen LogP contribution in [0.25, 0.3) is 0 Å². The Kier molecular flexibility index (Phi) is 3.03. The number of allylic oxidation sites excluding steroid dienone is 2. The summed E-state index contributed by atoms with van der Waals surface area (Å²) in [4.78, 5) is 11.8. The monoisotopic (exact) mass is 302 g/mol. The van der Waals surface area contributed by atoms with Crippen molar-refractivity contribution in [2.75, 3.05) is 0 Å². The van der Waals surface area contributed by atoms with E-state index >= 15 is 0 Å². The number of aliphatic hydroxyl groups is 1. The summed E-state index contributed by atoms with van der Waals surface area (Å²) in [5.41, 5.74) is -0.170. The largest absolute Gasteiger partial charge is 0.390 e. The van der Waals surface area contributed by atoms with Crippen molar-refractivity contribution in [3.8, 4) is 0 Å². The number of fused-ring (bicyclic) bond motifs is 5. The van der Waals surface area contributed by atoms with Crippen molar-refractivity contribution in [1.29, 1.82) is 0 Å². The third kappa shape index (κ3) is 1.74. The second kappa shape index (κ2) is 4.47. The molecule has 0 spiro atoms. The van der Waals surface area contributed by atoms with Crippen molar-refractivity contribution in [3.05, 3.63) is 12.2 Å². The van der Waals surface area contributed by atoms with Gasteiger partial charge in [-0.15, -0.1) is 0 Å². The second-order valence-electron chi connectivity index (χ2n) is 9.29. The lowest BCUT2D eigenvalue weighted by Crippen LogP contribution is -2.55. The summed E-state index contributed by atoms with van der Waals surface area (Å²) in [6.45, 7) is 6.82. The van der Waals surface area contributed by atoms with Crippen LogP contribution in [0.1, 0.15) is 65.7 Å². The van der Waals surface area contributed by atoms with Gasteiger partial charge < -0.3 is 5.11 Å². The van der Waals surface area contributed by atoms with Gasteiger partial charge in [-0.3, -0.25) is 4.79 Å². The molecule has 0 bridgehead atoms. The van der Waals surface area contributed by atoms with E-state index in [1.165, 1.54) is 25.7 Å². The molecule has 122 valence electrons. The molecule has 4 rings (SSSR count). The second-order valence-corrected chi connectivity index (χ2v) is 9.29. The number of carbonyl (C=O) groups is 1. The predicted molar refractivity (Wildman–Crippen MR) is 87.3 cm³/mol. The lowest BCUT2D eigenvalue weighted by Gasteiger charge is -2.59. The van der Waals surface area contributed by atoms with Crippen molar-refractivity contribution >= 4 is 5.78 Å². The first-order chi connectivity index (χ1) is 10.3. The zero-order valence-electron chi connectivity index (χ0n) is 14.3. The van der Waals surface area contributed by atoms with Crippen LogP contribution in [0.5, 0.6) is 0 Å². The van der Waals surface area contributed by atoms with E-state index in [1.807, 2.05) is 6.08 Å². The quantitative estimate of drug-likeness (QED) is 0.730. The van der Waals surface area contributed by atoms with E-state index in [1.54, 1.807) is 0 Å². The van der Waals surface area contributed by atoms with Gasteiger partial charge in [0.2, 0.25) is 0 Å². The van der Waals surface area contributed by atoms with Crippen LogP contribution in [0.3, 0.4) is 0 Å². The van der Waals surface area contributed by atoms with Gasteiger partial charge in [-0.05, 0) is 86.0 Å². The molecule has 4 aliphatic carbocycles. The van der Waals surface area contributed by atoms with Gasteiger partial charge in [-0.25, -0.2) is 0 Å². The van der Waals surface area contributed by atoms with E-state index in [-0.39, 0.29) is 10.8 Å². The van der Waals surface area contributed by atoms with Gasteiger partial charge in [0.05, 0.1) is 5.60 Å². The number of rotatable bonds is 0. The van der Waals surface area contributed by atoms with E-state index in [9.17, 15) is 9.90 Å². The van der Waals surface area contributed by atoms with Crippen molar-refractivity contribution in [2.24, 2.45) is 34.5 Å². The minimum Gasteiger partial charge on any atom is -0.390 e. The fourth-order valence-corrected chi connectivity index (χ4v) is 6.88. The molecule has 0 aliphatic heterocycles. The molecule has 0 aromatic rings. The molecule has 0 radical (unpaired) electrons. The molecule has 2 heteroatoms. The lowest BCUT2D eigenvalue weighted by atomic mass is 9.45. The highest BCUT2D eigenvalue weighted by atomic mass is 16.3. The normalized spacial score (nSPS) is 57.2. The minimum atomic E-state index is -0.487. The number of ketones is 1. The maximum atomic E-state index is 11.8. The van der Waals surface area contributed by atoms with Crippen molar-refractivity contribution in [2.45, 2.75) is 71.3 Å². The van der Waals surface area contributed by atoms with Gasteiger partial charge in [-0.1, -0.05) is 19.9 Å². The predicted octanol–water partition coefficient (Wildman–Crippen LogP) is 4.13. The Morgan fingerprint density at radius 3 is 2.55 bits per heavy atom. The molecular formula is C20H30O2. The molecule has 0 heterocycles. The highest BCUT2D eigenvalue weighted by Crippen LogP contribution is 2.67. The van der Waals surface area contributed by atoms with Crippen LogP contribution in [0.4, 0.5) is 0 Å². The zero-order chi connectivity index (χ0) is 15.8. The molecule has 1 unspecified atom stereocenters. The van der Waals surface area contributed by atoms with E-state index in [4.69, 9.17) is 0 Å². The summed E-state index contributed by atoms with van der Waals surface area (Å²) in [6, 6.07) is 0. The molecule has 3 fully saturated rings. The third-order valence-corrected chi connectivity index (χ3v) is 8.60. The van der Waals surface area contributed by atoms with Gasteiger partial charge in [0, 0.05) is 6.42 Å². The van der Waals surface area contributed by atoms with Crippen LogP contribution in [-0.2, 0) is 4.79 Å². The molecule has 0 saturated heterocycles. The summed E-state index contributed by atoms with van der Waals surface area (Å²) >= 11 is 0. The standard InChI is InChI=1S/C20H30O2/c1-18-9-6-14(21)12-13(18)4-5-15-16(18)7-10-19(2)17(15)8-11-20(19,3)22/h6,9,13,15-17,22H,4-5,7-8,10-12H2,1-3H3/t13?,15-,16+,17+,18+,19+,20+/m1/s1. The van der Waals surface area contributed by atoms with Crippen LogP contribution in [0.15, 0.2) is 12.2 Å². The molecular weight excluding hydrogens is 272 g/mol. The van der Waals surface area contributed by atoms with Gasteiger partial charge in [-0.2, -0.15) is 0 Å². The first-order valence-electron chi connectivity index (χ1n) is 9.22. The lowest BCUT2D eigenvalue weighted by molar-refractivity contribution is -0.135. The Morgan fingerprint density at radius 2 is 1.77 bits per heavy atom. The van der Waals surface area contributed by atoms with Crippen LogP contribution >= 0.6 is 0 Å². The summed E-state index contributed by atoms with van der Waals surface area (Å²) in [5, 5.41) is 10.9.